The lowest BCUT2D eigenvalue weighted by Gasteiger charge is -2.33. The van der Waals surface area contributed by atoms with Gasteiger partial charge in [0.2, 0.25) is 0 Å². The third-order valence-corrected chi connectivity index (χ3v) is 5.15. The van der Waals surface area contributed by atoms with Crippen LogP contribution < -0.4 is 0 Å². The summed E-state index contributed by atoms with van der Waals surface area (Å²) in [6.45, 7) is 15.5. The second-order valence-electron chi connectivity index (χ2n) is 7.85. The number of nitrogens with zero attached hydrogens (tertiary/aromatic N) is 2. The maximum absolute atomic E-state index is 12.3. The van der Waals surface area contributed by atoms with Gasteiger partial charge in [0.15, 0.2) is 0 Å². The molecule has 1 rings (SSSR count). The number of hydrogen-bond acceptors (Lipinski definition) is 4. The zero-order valence-corrected chi connectivity index (χ0v) is 19.1. The van der Waals surface area contributed by atoms with Crippen LogP contribution in [0.3, 0.4) is 0 Å². The maximum Gasteiger partial charge on any atom is 0.415 e. The van der Waals surface area contributed by atoms with Gasteiger partial charge in [0.05, 0.1) is 6.10 Å². The molecular formula is C24H38N2O3. The Morgan fingerprint density at radius 2 is 1.66 bits per heavy atom. The van der Waals surface area contributed by atoms with E-state index in [9.17, 15) is 9.90 Å². The molecule has 0 spiro atoms. The Labute approximate surface area is 176 Å². The van der Waals surface area contributed by atoms with E-state index < -0.39 is 12.2 Å². The molecule has 0 saturated carbocycles. The molecule has 0 aliphatic rings. The van der Waals surface area contributed by atoms with Gasteiger partial charge < -0.3 is 14.7 Å². The standard InChI is InChI=1S/C24H38N2O3/c1-8-25(9-2)22(17-21-13-11-10-12-14-21)23(27)20(7)15-16-29-24(28)26(18(3)4)19(5)6/h10-14,16,18-19,22-23,27H,8-9,17H2,1-7H3/t15?,22-,23-/m0/s1. The summed E-state index contributed by atoms with van der Waals surface area (Å²) in [4.78, 5) is 16.2. The first-order chi connectivity index (χ1) is 13.7. The molecule has 0 aliphatic heterocycles. The summed E-state index contributed by atoms with van der Waals surface area (Å²) < 4.78 is 5.26. The van der Waals surface area contributed by atoms with Crippen molar-refractivity contribution in [3.05, 3.63) is 53.5 Å². The number of amides is 1. The van der Waals surface area contributed by atoms with Crippen LogP contribution in [0.4, 0.5) is 4.79 Å². The van der Waals surface area contributed by atoms with E-state index in [1.165, 1.54) is 11.8 Å². The smallest absolute Gasteiger partial charge is 0.410 e. The van der Waals surface area contributed by atoms with Gasteiger partial charge in [-0.15, -0.1) is 0 Å². The summed E-state index contributed by atoms with van der Waals surface area (Å²) in [5, 5.41) is 11.0. The van der Waals surface area contributed by atoms with Gasteiger partial charge in [0.1, 0.15) is 6.26 Å². The topological polar surface area (TPSA) is 53.0 Å². The lowest BCUT2D eigenvalue weighted by atomic mass is 9.95. The van der Waals surface area contributed by atoms with Gasteiger partial charge in [0, 0.05) is 23.7 Å². The molecule has 0 aliphatic carbocycles. The minimum absolute atomic E-state index is 0.0458. The normalized spacial score (nSPS) is 13.2. The molecule has 0 fully saturated rings. The number of carbonyl (C=O) groups is 1. The number of benzene rings is 1. The van der Waals surface area contributed by atoms with Crippen LogP contribution in [0.5, 0.6) is 0 Å². The first kappa shape index (κ1) is 25.0. The highest BCUT2D eigenvalue weighted by Gasteiger charge is 2.26. The molecule has 1 N–H and O–H groups in total. The second-order valence-corrected chi connectivity index (χ2v) is 7.85. The van der Waals surface area contributed by atoms with Gasteiger partial charge in [-0.25, -0.2) is 4.79 Å². The maximum atomic E-state index is 12.3. The van der Waals surface area contributed by atoms with E-state index >= 15 is 0 Å². The van der Waals surface area contributed by atoms with E-state index in [0.717, 1.165) is 19.5 Å². The third kappa shape index (κ3) is 7.69. The Kier molecular flexibility index (Phi) is 10.7. The van der Waals surface area contributed by atoms with Crippen LogP contribution >= 0.6 is 0 Å². The van der Waals surface area contributed by atoms with Crippen molar-refractivity contribution >= 4 is 6.09 Å². The van der Waals surface area contributed by atoms with Crippen molar-refractivity contribution in [1.29, 1.82) is 0 Å². The van der Waals surface area contributed by atoms with Gasteiger partial charge in [-0.2, -0.15) is 0 Å². The Morgan fingerprint density at radius 1 is 1.10 bits per heavy atom. The summed E-state index contributed by atoms with van der Waals surface area (Å²) in [7, 11) is 0. The van der Waals surface area contributed by atoms with E-state index in [4.69, 9.17) is 4.74 Å². The first-order valence-electron chi connectivity index (χ1n) is 10.6. The number of hydrogen-bond donors (Lipinski definition) is 1. The summed E-state index contributed by atoms with van der Waals surface area (Å²) in [5.41, 5.74) is 4.78. The highest BCUT2D eigenvalue weighted by molar-refractivity contribution is 5.68. The second kappa shape index (κ2) is 12.5. The number of likely N-dealkylation sites (N-methyl/N-ethyl adjacent to an activating group) is 1. The predicted molar refractivity (Wildman–Crippen MR) is 119 cm³/mol. The van der Waals surface area contributed by atoms with Crippen molar-refractivity contribution < 1.29 is 14.6 Å². The number of carbonyl (C=O) groups excluding carboxylic acids is 1. The average molecular weight is 403 g/mol. The molecule has 1 amide bonds. The van der Waals surface area contributed by atoms with Crippen LogP contribution in [-0.4, -0.2) is 58.3 Å². The van der Waals surface area contributed by atoms with Crippen molar-refractivity contribution in [2.24, 2.45) is 0 Å². The molecule has 2 atom stereocenters. The molecule has 5 nitrogen and oxygen atoms in total. The van der Waals surface area contributed by atoms with E-state index in [0.29, 0.717) is 5.57 Å². The number of rotatable bonds is 10. The molecule has 0 saturated heterocycles. The van der Waals surface area contributed by atoms with Crippen LogP contribution in [0.15, 0.2) is 47.9 Å². The van der Waals surface area contributed by atoms with Crippen LogP contribution in [-0.2, 0) is 11.2 Å². The fourth-order valence-electron chi connectivity index (χ4n) is 3.61. The molecule has 1 aromatic rings. The fraction of sp³-hybridized carbons (Fsp3) is 0.583. The van der Waals surface area contributed by atoms with Gasteiger partial charge in [-0.1, -0.05) is 49.9 Å². The summed E-state index contributed by atoms with van der Waals surface area (Å²) in [5.74, 6) is 0. The van der Waals surface area contributed by atoms with Crippen molar-refractivity contribution in [3.8, 4) is 0 Å². The third-order valence-electron chi connectivity index (χ3n) is 5.15. The van der Waals surface area contributed by atoms with E-state index in [1.54, 1.807) is 4.90 Å². The lowest BCUT2D eigenvalue weighted by molar-refractivity contribution is 0.0776. The molecule has 0 radical (unpaired) electrons. The van der Waals surface area contributed by atoms with Gasteiger partial charge in [-0.05, 0) is 59.7 Å². The lowest BCUT2D eigenvalue weighted by Crippen LogP contribution is -2.45. The largest absolute Gasteiger partial charge is 0.415 e. The molecule has 1 aromatic carbocycles. The molecular weight excluding hydrogens is 364 g/mol. The summed E-state index contributed by atoms with van der Waals surface area (Å²) >= 11 is 0. The van der Waals surface area contributed by atoms with Gasteiger partial charge in [-0.3, -0.25) is 4.90 Å². The van der Waals surface area contributed by atoms with E-state index in [1.807, 2.05) is 52.8 Å². The van der Waals surface area contributed by atoms with Crippen molar-refractivity contribution in [1.82, 2.24) is 9.80 Å². The molecule has 0 unspecified atom stereocenters. The molecule has 29 heavy (non-hydrogen) atoms. The zero-order valence-electron chi connectivity index (χ0n) is 19.1. The van der Waals surface area contributed by atoms with Crippen molar-refractivity contribution in [2.45, 2.75) is 79.1 Å². The number of aliphatic hydroxyl groups is 1. The predicted octanol–water partition coefficient (Wildman–Crippen LogP) is 4.61. The minimum Gasteiger partial charge on any atom is -0.410 e. The highest BCUT2D eigenvalue weighted by Crippen LogP contribution is 2.17. The Morgan fingerprint density at radius 3 is 2.14 bits per heavy atom. The van der Waals surface area contributed by atoms with E-state index in [-0.39, 0.29) is 18.1 Å². The van der Waals surface area contributed by atoms with Crippen LogP contribution in [0, 0.1) is 0 Å². The average Bonchev–Trinajstić information content (AvgIpc) is 2.67. The number of aliphatic hydroxyl groups excluding tert-OH is 1. The highest BCUT2D eigenvalue weighted by atomic mass is 16.5. The van der Waals surface area contributed by atoms with Crippen LogP contribution in [0.2, 0.25) is 0 Å². The molecule has 0 bridgehead atoms. The molecule has 162 valence electrons. The summed E-state index contributed by atoms with van der Waals surface area (Å²) in [6, 6.07) is 10.2. The Bertz CT molecular complexity index is 667. The minimum atomic E-state index is -0.712. The van der Waals surface area contributed by atoms with Crippen LogP contribution in [0.25, 0.3) is 0 Å². The Hall–Kier alpha value is -2.07. The Balaban J connectivity index is 2.97. The molecule has 0 aromatic heterocycles. The SMILES string of the molecule is CCN(CC)[C@@H](Cc1ccccc1)[C@@H](O)C(C)=C=COC(=O)N(C(C)C)C(C)C. The first-order valence-corrected chi connectivity index (χ1v) is 10.6. The molecule has 5 heteroatoms. The van der Waals surface area contributed by atoms with Gasteiger partial charge >= 0.3 is 6.09 Å². The zero-order chi connectivity index (χ0) is 22.0. The van der Waals surface area contributed by atoms with Crippen LogP contribution in [0.1, 0.15) is 54.0 Å². The monoisotopic (exact) mass is 402 g/mol. The van der Waals surface area contributed by atoms with E-state index in [2.05, 4.69) is 36.6 Å². The molecule has 0 heterocycles. The fourth-order valence-corrected chi connectivity index (χ4v) is 3.61. The van der Waals surface area contributed by atoms with Crippen molar-refractivity contribution in [2.75, 3.05) is 13.1 Å². The summed E-state index contributed by atoms with van der Waals surface area (Å²) in [6.07, 6.45) is 0.878. The van der Waals surface area contributed by atoms with Gasteiger partial charge in [0.25, 0.3) is 0 Å². The number of ether oxygens (including phenoxy) is 1. The van der Waals surface area contributed by atoms with Crippen molar-refractivity contribution in [3.63, 3.8) is 0 Å². The quantitative estimate of drug-likeness (QED) is 0.458.